The highest BCUT2D eigenvalue weighted by molar-refractivity contribution is 5.79. The van der Waals surface area contributed by atoms with Crippen molar-refractivity contribution in [3.05, 3.63) is 35.5 Å². The lowest BCUT2D eigenvalue weighted by atomic mass is 9.52. The number of carbonyl (C=O) groups is 2. The summed E-state index contributed by atoms with van der Waals surface area (Å²) in [5.41, 5.74) is 0.508. The zero-order valence-electron chi connectivity index (χ0n) is 21.1. The molecule has 0 radical (unpaired) electrons. The van der Waals surface area contributed by atoms with Crippen molar-refractivity contribution in [2.75, 3.05) is 13.7 Å². The molecule has 11 atom stereocenters. The quantitative estimate of drug-likeness (QED) is 0.315. The molecule has 3 fully saturated rings. The van der Waals surface area contributed by atoms with Crippen LogP contribution in [-0.4, -0.2) is 88.0 Å². The molecule has 12 nitrogen and oxygen atoms in total. The first-order chi connectivity index (χ1) is 18.1. The fraction of sp³-hybridized carbons (Fsp3) is 0.692. The van der Waals surface area contributed by atoms with Crippen LogP contribution in [0.15, 0.2) is 34.3 Å². The number of esters is 2. The van der Waals surface area contributed by atoms with E-state index in [0.717, 1.165) is 0 Å². The first kappa shape index (κ1) is 27.1. The predicted molar refractivity (Wildman–Crippen MR) is 124 cm³/mol. The zero-order valence-corrected chi connectivity index (χ0v) is 21.1. The van der Waals surface area contributed by atoms with Crippen molar-refractivity contribution in [2.24, 2.45) is 23.2 Å². The average molecular weight is 539 g/mol. The number of hydrogen-bond donors (Lipinski definition) is 5. The zero-order chi connectivity index (χ0) is 27.4. The van der Waals surface area contributed by atoms with Crippen molar-refractivity contribution in [1.29, 1.82) is 0 Å². The van der Waals surface area contributed by atoms with Crippen LogP contribution in [0.5, 0.6) is 0 Å². The van der Waals surface area contributed by atoms with Gasteiger partial charge in [-0.05, 0) is 42.2 Å². The van der Waals surface area contributed by atoms with Crippen LogP contribution >= 0.6 is 0 Å². The van der Waals surface area contributed by atoms with E-state index in [2.05, 4.69) is 0 Å². The molecule has 0 unspecified atom stereocenters. The number of methoxy groups -OCH3 is 1. The van der Waals surface area contributed by atoms with Gasteiger partial charge in [-0.25, -0.2) is 0 Å². The summed E-state index contributed by atoms with van der Waals surface area (Å²) < 4.78 is 27.6. The second-order valence-corrected chi connectivity index (χ2v) is 10.9. The molecule has 4 aliphatic rings. The van der Waals surface area contributed by atoms with E-state index >= 15 is 0 Å². The van der Waals surface area contributed by atoms with Crippen molar-refractivity contribution in [1.82, 2.24) is 0 Å². The van der Waals surface area contributed by atoms with Crippen molar-refractivity contribution >= 4 is 11.9 Å². The van der Waals surface area contributed by atoms with Crippen molar-refractivity contribution in [2.45, 2.75) is 75.5 Å². The number of allylic oxidation sites excluding steroid dienone is 1. The van der Waals surface area contributed by atoms with E-state index in [9.17, 15) is 35.1 Å². The molecule has 12 heteroatoms. The minimum Gasteiger partial charge on any atom is -0.472 e. The van der Waals surface area contributed by atoms with Crippen LogP contribution < -0.4 is 0 Å². The Hall–Kier alpha value is -2.48. The Morgan fingerprint density at radius 2 is 1.89 bits per heavy atom. The van der Waals surface area contributed by atoms with Gasteiger partial charge in [0, 0.05) is 12.0 Å². The Morgan fingerprint density at radius 3 is 2.55 bits per heavy atom. The van der Waals surface area contributed by atoms with E-state index in [-0.39, 0.29) is 25.0 Å². The Labute approximate surface area is 218 Å². The summed E-state index contributed by atoms with van der Waals surface area (Å²) >= 11 is 0. The van der Waals surface area contributed by atoms with Gasteiger partial charge in [0.05, 0.1) is 44.2 Å². The third-order valence-corrected chi connectivity index (χ3v) is 8.75. The molecule has 210 valence electrons. The maximum absolute atomic E-state index is 13.4. The highest BCUT2D eigenvalue weighted by Crippen LogP contribution is 2.61. The molecule has 38 heavy (non-hydrogen) atoms. The normalized spacial score (nSPS) is 43.1. The molecule has 0 amide bonds. The van der Waals surface area contributed by atoms with E-state index in [1.165, 1.54) is 19.6 Å². The van der Waals surface area contributed by atoms with Crippen LogP contribution in [0.25, 0.3) is 0 Å². The molecular formula is C26H34O12. The molecule has 1 aromatic rings. The van der Waals surface area contributed by atoms with Gasteiger partial charge in [0.15, 0.2) is 0 Å². The summed E-state index contributed by atoms with van der Waals surface area (Å²) in [6, 6.07) is 1.72. The summed E-state index contributed by atoms with van der Waals surface area (Å²) in [7, 11) is 1.25. The molecule has 1 saturated carbocycles. The summed E-state index contributed by atoms with van der Waals surface area (Å²) in [6.07, 6.45) is -5.28. The number of furan rings is 1. The molecule has 0 bridgehead atoms. The lowest BCUT2D eigenvalue weighted by Gasteiger charge is -2.55. The van der Waals surface area contributed by atoms with E-state index in [4.69, 9.17) is 23.4 Å². The summed E-state index contributed by atoms with van der Waals surface area (Å²) in [4.78, 5) is 26.3. The fourth-order valence-electron chi connectivity index (χ4n) is 6.66. The minimum absolute atomic E-state index is 0.0118. The molecular weight excluding hydrogens is 504 g/mol. The van der Waals surface area contributed by atoms with Crippen LogP contribution in [0.1, 0.15) is 44.3 Å². The topological polar surface area (TPSA) is 185 Å². The number of aliphatic hydroxyl groups excluding tert-OH is 5. The van der Waals surface area contributed by atoms with Gasteiger partial charge in [-0.1, -0.05) is 6.92 Å². The molecule has 2 aliphatic heterocycles. The van der Waals surface area contributed by atoms with Gasteiger partial charge in [-0.2, -0.15) is 0 Å². The van der Waals surface area contributed by atoms with Gasteiger partial charge >= 0.3 is 11.9 Å². The van der Waals surface area contributed by atoms with Crippen molar-refractivity contribution < 1.29 is 58.5 Å². The van der Waals surface area contributed by atoms with E-state index in [0.29, 0.717) is 17.6 Å². The summed E-state index contributed by atoms with van der Waals surface area (Å²) in [6.45, 7) is 1.30. The summed E-state index contributed by atoms with van der Waals surface area (Å²) in [5, 5.41) is 51.4. The third kappa shape index (κ3) is 4.42. The van der Waals surface area contributed by atoms with Crippen LogP contribution in [0.4, 0.5) is 0 Å². The second kappa shape index (κ2) is 10.2. The monoisotopic (exact) mass is 538 g/mol. The predicted octanol–water partition coefficient (Wildman–Crippen LogP) is -0.0755. The Morgan fingerprint density at radius 1 is 1.13 bits per heavy atom. The number of hydrogen-bond acceptors (Lipinski definition) is 12. The minimum atomic E-state index is -1.68. The molecule has 5 rings (SSSR count). The summed E-state index contributed by atoms with van der Waals surface area (Å²) in [5.74, 6) is -2.93. The van der Waals surface area contributed by atoms with Crippen LogP contribution in [-0.2, 0) is 28.5 Å². The van der Waals surface area contributed by atoms with Crippen LogP contribution in [0.3, 0.4) is 0 Å². The van der Waals surface area contributed by atoms with Crippen LogP contribution in [0.2, 0.25) is 0 Å². The molecule has 0 aromatic carbocycles. The van der Waals surface area contributed by atoms with Gasteiger partial charge < -0.3 is 48.9 Å². The second-order valence-electron chi connectivity index (χ2n) is 10.9. The molecule has 2 aliphatic carbocycles. The molecule has 3 heterocycles. The number of fused-ring (bicyclic) bond motifs is 3. The Kier molecular flexibility index (Phi) is 7.31. The van der Waals surface area contributed by atoms with E-state index in [1.807, 2.05) is 6.92 Å². The van der Waals surface area contributed by atoms with E-state index < -0.39 is 84.6 Å². The largest absolute Gasteiger partial charge is 0.472 e. The standard InChI is InChI=1S/C26H34O12/c1-26-8-17(11-3-4-35-10-11)36-24(33)15(26)7-16(19-13(23(32)34-2)5-12(28)6-14(19)26)37-25-22(31)21(30)20(29)18(9-27)38-25/h3-4,10,12-15,17-18,20-22,25,27-31H,5-9H2,1-2H3/t12-,13+,14+,15-,17-,18+,20+,21-,22+,25+,26-/m0/s1. The number of cyclic esters (lactones) is 1. The molecule has 1 aromatic heterocycles. The average Bonchev–Trinajstić information content (AvgIpc) is 3.44. The van der Waals surface area contributed by atoms with E-state index in [1.54, 1.807) is 6.07 Å². The molecule has 5 N–H and O–H groups in total. The highest BCUT2D eigenvalue weighted by Gasteiger charge is 2.60. The van der Waals surface area contributed by atoms with Gasteiger partial charge in [-0.3, -0.25) is 9.59 Å². The van der Waals surface area contributed by atoms with Gasteiger partial charge in [-0.15, -0.1) is 0 Å². The number of rotatable bonds is 5. The van der Waals surface area contributed by atoms with Gasteiger partial charge in [0.2, 0.25) is 6.29 Å². The lowest BCUT2D eigenvalue weighted by molar-refractivity contribution is -0.293. The molecule has 2 saturated heterocycles. The van der Waals surface area contributed by atoms with Gasteiger partial charge in [0.1, 0.15) is 36.3 Å². The Bertz CT molecular complexity index is 1070. The number of carbonyl (C=O) groups excluding carboxylic acids is 2. The maximum Gasteiger partial charge on any atom is 0.313 e. The SMILES string of the molecule is COC(=O)[C@@H]1C[C@H](O)C[C@@H]2C1=C(O[C@@H]1O[C@H](CO)[C@@H](O)[C@H](O)[C@H]1O)C[C@H]1C(=O)O[C@H](c3ccoc3)C[C@@]21C. The first-order valence-electron chi connectivity index (χ1n) is 12.8. The van der Waals surface area contributed by atoms with Crippen LogP contribution in [0, 0.1) is 23.2 Å². The fourth-order valence-corrected chi connectivity index (χ4v) is 6.66. The Balaban J connectivity index is 1.56. The highest BCUT2D eigenvalue weighted by atomic mass is 16.7. The lowest BCUT2D eigenvalue weighted by Crippen LogP contribution is -2.59. The third-order valence-electron chi connectivity index (χ3n) is 8.75. The van der Waals surface area contributed by atoms with Crippen molar-refractivity contribution in [3.8, 4) is 0 Å². The van der Waals surface area contributed by atoms with Crippen molar-refractivity contribution in [3.63, 3.8) is 0 Å². The number of ether oxygens (including phenoxy) is 4. The number of aliphatic hydroxyl groups is 5. The maximum atomic E-state index is 13.4. The smallest absolute Gasteiger partial charge is 0.313 e. The van der Waals surface area contributed by atoms with Gasteiger partial charge in [0.25, 0.3) is 0 Å². The first-order valence-corrected chi connectivity index (χ1v) is 12.8. The molecule has 0 spiro atoms.